The van der Waals surface area contributed by atoms with E-state index < -0.39 is 16.1 Å². The molecule has 0 aromatic carbocycles. The van der Waals surface area contributed by atoms with Crippen LogP contribution in [0, 0.1) is 0 Å². The van der Waals surface area contributed by atoms with E-state index in [1.807, 2.05) is 6.92 Å². The van der Waals surface area contributed by atoms with Gasteiger partial charge in [0.15, 0.2) is 5.82 Å². The summed E-state index contributed by atoms with van der Waals surface area (Å²) in [5.41, 5.74) is 5.57. The van der Waals surface area contributed by atoms with Gasteiger partial charge in [0.25, 0.3) is 0 Å². The zero-order valence-electron chi connectivity index (χ0n) is 11.4. The Labute approximate surface area is 112 Å². The van der Waals surface area contributed by atoms with E-state index in [-0.39, 0.29) is 16.6 Å². The van der Waals surface area contributed by atoms with E-state index in [0.29, 0.717) is 6.54 Å². The van der Waals surface area contributed by atoms with Gasteiger partial charge in [-0.25, -0.2) is 8.42 Å². The number of aryl methyl sites for hydroxylation is 1. The lowest BCUT2D eigenvalue weighted by Crippen LogP contribution is -2.44. The molecular weight excluding hydrogens is 270 g/mol. The standard InChI is InChI=1S/C10H19N5O3S/c1-5-15-6-8(9(11)12-15)19(17,18)13-7(2)10(16)14(3)4/h6-7,13H,5H2,1-4H3,(H2,11,12). The van der Waals surface area contributed by atoms with Gasteiger partial charge in [-0.1, -0.05) is 0 Å². The highest BCUT2D eigenvalue weighted by Gasteiger charge is 2.26. The molecule has 3 N–H and O–H groups in total. The number of hydrogen-bond acceptors (Lipinski definition) is 5. The summed E-state index contributed by atoms with van der Waals surface area (Å²) in [6.45, 7) is 3.79. The van der Waals surface area contributed by atoms with Crippen molar-refractivity contribution in [2.24, 2.45) is 0 Å². The van der Waals surface area contributed by atoms with Crippen molar-refractivity contribution < 1.29 is 13.2 Å². The third-order valence-electron chi connectivity index (χ3n) is 2.51. The summed E-state index contributed by atoms with van der Waals surface area (Å²) in [5.74, 6) is -0.427. The van der Waals surface area contributed by atoms with Gasteiger partial charge in [0.1, 0.15) is 4.90 Å². The molecule has 1 rings (SSSR count). The molecule has 0 saturated carbocycles. The van der Waals surface area contributed by atoms with E-state index in [4.69, 9.17) is 5.73 Å². The predicted molar refractivity (Wildman–Crippen MR) is 70.8 cm³/mol. The van der Waals surface area contributed by atoms with Gasteiger partial charge in [-0.05, 0) is 13.8 Å². The molecule has 1 unspecified atom stereocenters. The molecule has 0 saturated heterocycles. The van der Waals surface area contributed by atoms with Crippen LogP contribution in [0.15, 0.2) is 11.1 Å². The molecule has 108 valence electrons. The van der Waals surface area contributed by atoms with E-state index >= 15 is 0 Å². The lowest BCUT2D eigenvalue weighted by molar-refractivity contribution is -0.130. The van der Waals surface area contributed by atoms with Gasteiger partial charge in [0.2, 0.25) is 15.9 Å². The van der Waals surface area contributed by atoms with Crippen LogP contribution in [-0.2, 0) is 21.4 Å². The molecule has 1 aromatic rings. The Bertz CT molecular complexity index is 564. The van der Waals surface area contributed by atoms with Crippen LogP contribution in [0.3, 0.4) is 0 Å². The van der Waals surface area contributed by atoms with E-state index in [9.17, 15) is 13.2 Å². The van der Waals surface area contributed by atoms with Crippen molar-refractivity contribution in [2.75, 3.05) is 19.8 Å². The molecule has 8 nitrogen and oxygen atoms in total. The summed E-state index contributed by atoms with van der Waals surface area (Å²) in [6, 6.07) is -0.871. The van der Waals surface area contributed by atoms with Crippen molar-refractivity contribution in [1.82, 2.24) is 19.4 Å². The van der Waals surface area contributed by atoms with E-state index in [1.165, 1.54) is 22.7 Å². The maximum atomic E-state index is 12.1. The van der Waals surface area contributed by atoms with Crippen LogP contribution in [0.25, 0.3) is 0 Å². The van der Waals surface area contributed by atoms with Gasteiger partial charge >= 0.3 is 0 Å². The summed E-state index contributed by atoms with van der Waals surface area (Å²) in [7, 11) is -0.759. The van der Waals surface area contributed by atoms with E-state index in [0.717, 1.165) is 0 Å². The molecule has 0 aliphatic carbocycles. The number of aromatic nitrogens is 2. The number of likely N-dealkylation sites (N-methyl/N-ethyl adjacent to an activating group) is 1. The molecule has 9 heteroatoms. The highest BCUT2D eigenvalue weighted by atomic mass is 32.2. The molecule has 0 spiro atoms. The topological polar surface area (TPSA) is 110 Å². The number of amides is 1. The first-order valence-electron chi connectivity index (χ1n) is 5.75. The highest BCUT2D eigenvalue weighted by Crippen LogP contribution is 2.16. The number of sulfonamides is 1. The minimum atomic E-state index is -3.86. The number of hydrogen-bond donors (Lipinski definition) is 2. The number of carbonyl (C=O) groups excluding carboxylic acids is 1. The minimum Gasteiger partial charge on any atom is -0.381 e. The fraction of sp³-hybridized carbons (Fsp3) is 0.600. The Morgan fingerprint density at radius 3 is 2.58 bits per heavy atom. The third kappa shape index (κ3) is 3.44. The number of nitrogens with two attached hydrogens (primary N) is 1. The molecule has 0 fully saturated rings. The Hall–Kier alpha value is -1.61. The van der Waals surface area contributed by atoms with Crippen LogP contribution in [-0.4, -0.2) is 49.1 Å². The zero-order chi connectivity index (χ0) is 14.8. The monoisotopic (exact) mass is 289 g/mol. The molecule has 19 heavy (non-hydrogen) atoms. The molecule has 1 amide bonds. The molecular formula is C10H19N5O3S. The third-order valence-corrected chi connectivity index (χ3v) is 4.07. The maximum absolute atomic E-state index is 12.1. The average molecular weight is 289 g/mol. The van der Waals surface area contributed by atoms with Gasteiger partial charge < -0.3 is 10.6 Å². The van der Waals surface area contributed by atoms with Crippen molar-refractivity contribution in [2.45, 2.75) is 31.3 Å². The molecule has 1 aromatic heterocycles. The minimum absolute atomic E-state index is 0.0844. The smallest absolute Gasteiger partial charge is 0.246 e. The van der Waals surface area contributed by atoms with Gasteiger partial charge in [-0.15, -0.1) is 0 Å². The summed E-state index contributed by atoms with van der Waals surface area (Å²) in [5, 5.41) is 3.86. The Morgan fingerprint density at radius 2 is 2.16 bits per heavy atom. The summed E-state index contributed by atoms with van der Waals surface area (Å²) in [4.78, 5) is 12.8. The van der Waals surface area contributed by atoms with Gasteiger partial charge in [-0.2, -0.15) is 9.82 Å². The second-order valence-electron chi connectivity index (χ2n) is 4.31. The molecule has 0 aliphatic heterocycles. The van der Waals surface area contributed by atoms with Crippen molar-refractivity contribution in [3.05, 3.63) is 6.20 Å². The summed E-state index contributed by atoms with van der Waals surface area (Å²) < 4.78 is 27.9. The lowest BCUT2D eigenvalue weighted by atomic mass is 10.3. The van der Waals surface area contributed by atoms with Crippen molar-refractivity contribution in [3.63, 3.8) is 0 Å². The van der Waals surface area contributed by atoms with Crippen LogP contribution in [0.2, 0.25) is 0 Å². The first kappa shape index (κ1) is 15.4. The Balaban J connectivity index is 2.98. The second-order valence-corrected chi connectivity index (χ2v) is 5.99. The summed E-state index contributed by atoms with van der Waals surface area (Å²) >= 11 is 0. The van der Waals surface area contributed by atoms with Crippen LogP contribution >= 0.6 is 0 Å². The molecule has 1 heterocycles. The number of nitrogens with zero attached hydrogens (tertiary/aromatic N) is 3. The molecule has 0 radical (unpaired) electrons. The lowest BCUT2D eigenvalue weighted by Gasteiger charge is -2.17. The SMILES string of the molecule is CCn1cc(S(=O)(=O)NC(C)C(=O)N(C)C)c(N)n1. The maximum Gasteiger partial charge on any atom is 0.246 e. The van der Waals surface area contributed by atoms with Crippen LogP contribution in [0.4, 0.5) is 5.82 Å². The fourth-order valence-electron chi connectivity index (χ4n) is 1.52. The number of anilines is 1. The fourth-order valence-corrected chi connectivity index (χ4v) is 2.79. The summed E-state index contributed by atoms with van der Waals surface area (Å²) in [6.07, 6.45) is 1.34. The highest BCUT2D eigenvalue weighted by molar-refractivity contribution is 7.89. The number of nitrogens with one attached hydrogen (secondary N) is 1. The van der Waals surface area contributed by atoms with Gasteiger partial charge in [-0.3, -0.25) is 9.48 Å². The van der Waals surface area contributed by atoms with Crippen molar-refractivity contribution >= 4 is 21.7 Å². The van der Waals surface area contributed by atoms with E-state index in [1.54, 1.807) is 14.1 Å². The quantitative estimate of drug-likeness (QED) is 0.740. The van der Waals surface area contributed by atoms with Crippen LogP contribution < -0.4 is 10.5 Å². The largest absolute Gasteiger partial charge is 0.381 e. The average Bonchev–Trinajstić information content (AvgIpc) is 2.69. The normalized spacial score (nSPS) is 13.3. The second kappa shape index (κ2) is 5.57. The number of carbonyl (C=O) groups is 1. The Kier molecular flexibility index (Phi) is 4.53. The van der Waals surface area contributed by atoms with Gasteiger partial charge in [0, 0.05) is 26.8 Å². The number of rotatable bonds is 5. The van der Waals surface area contributed by atoms with Gasteiger partial charge in [0.05, 0.1) is 6.04 Å². The first-order valence-corrected chi connectivity index (χ1v) is 7.23. The van der Waals surface area contributed by atoms with E-state index in [2.05, 4.69) is 9.82 Å². The van der Waals surface area contributed by atoms with Crippen LogP contribution in [0.1, 0.15) is 13.8 Å². The zero-order valence-corrected chi connectivity index (χ0v) is 12.2. The van der Waals surface area contributed by atoms with Crippen molar-refractivity contribution in [3.8, 4) is 0 Å². The molecule has 0 bridgehead atoms. The first-order chi connectivity index (χ1) is 8.69. The molecule has 1 atom stereocenters. The van der Waals surface area contributed by atoms with Crippen LogP contribution in [0.5, 0.6) is 0 Å². The Morgan fingerprint density at radius 1 is 1.58 bits per heavy atom. The predicted octanol–water partition coefficient (Wildman–Crippen LogP) is -0.760. The van der Waals surface area contributed by atoms with Crippen molar-refractivity contribution in [1.29, 1.82) is 0 Å². The number of nitrogen functional groups attached to an aromatic ring is 1. The molecule has 0 aliphatic rings.